The van der Waals surface area contributed by atoms with Crippen LogP contribution in [0.4, 0.5) is 17.3 Å². The molecule has 1 aliphatic heterocycles. The fraction of sp³-hybridized carbons (Fsp3) is 0.273. The van der Waals surface area contributed by atoms with E-state index in [1.807, 2.05) is 60.7 Å². The summed E-state index contributed by atoms with van der Waals surface area (Å²) in [6, 6.07) is 19.7. The normalized spacial score (nSPS) is 14.8. The molecule has 27 heavy (non-hydrogen) atoms. The van der Waals surface area contributed by atoms with E-state index in [-0.39, 0.29) is 0 Å². The molecule has 1 fully saturated rings. The van der Waals surface area contributed by atoms with Crippen molar-refractivity contribution in [1.82, 2.24) is 9.97 Å². The van der Waals surface area contributed by atoms with Gasteiger partial charge in [-0.25, -0.2) is 9.97 Å². The summed E-state index contributed by atoms with van der Waals surface area (Å²) in [7, 11) is 0. The van der Waals surface area contributed by atoms with Gasteiger partial charge < -0.3 is 15.0 Å². The molecule has 4 rings (SSSR count). The van der Waals surface area contributed by atoms with Crippen LogP contribution in [0.5, 0.6) is 11.5 Å². The molecule has 0 saturated carbocycles. The fourth-order valence-electron chi connectivity index (χ4n) is 3.24. The molecule has 1 aromatic heterocycles. The molecular weight excluding hydrogens is 336 g/mol. The molecule has 1 saturated heterocycles. The number of anilines is 3. The molecule has 1 N–H and O–H groups in total. The van der Waals surface area contributed by atoms with Crippen molar-refractivity contribution >= 4 is 17.3 Å². The van der Waals surface area contributed by atoms with E-state index < -0.39 is 0 Å². The molecular formula is C22H24N4O. The monoisotopic (exact) mass is 360 g/mol. The summed E-state index contributed by atoms with van der Waals surface area (Å²) in [5, 5.41) is 3.38. The van der Waals surface area contributed by atoms with Gasteiger partial charge in [-0.1, -0.05) is 37.3 Å². The summed E-state index contributed by atoms with van der Waals surface area (Å²) >= 11 is 0. The van der Waals surface area contributed by atoms with Gasteiger partial charge in [0.1, 0.15) is 23.7 Å². The molecule has 5 heteroatoms. The number of hydrogen-bond acceptors (Lipinski definition) is 5. The van der Waals surface area contributed by atoms with Gasteiger partial charge in [-0.3, -0.25) is 0 Å². The average Bonchev–Trinajstić information content (AvgIpc) is 2.71. The zero-order valence-electron chi connectivity index (χ0n) is 15.5. The minimum absolute atomic E-state index is 0.760. The van der Waals surface area contributed by atoms with Crippen LogP contribution in [0.25, 0.3) is 0 Å². The minimum Gasteiger partial charge on any atom is -0.455 e. The summed E-state index contributed by atoms with van der Waals surface area (Å²) in [5.74, 6) is 4.10. The number of piperidine rings is 1. The molecule has 2 heterocycles. The second kappa shape index (κ2) is 8.08. The van der Waals surface area contributed by atoms with Crippen LogP contribution in [0.2, 0.25) is 0 Å². The second-order valence-electron chi connectivity index (χ2n) is 6.97. The van der Waals surface area contributed by atoms with E-state index in [1.54, 1.807) is 6.33 Å². The maximum absolute atomic E-state index is 6.02. The van der Waals surface area contributed by atoms with Crippen molar-refractivity contribution in [2.45, 2.75) is 19.8 Å². The lowest BCUT2D eigenvalue weighted by Crippen LogP contribution is -2.33. The first-order valence-corrected chi connectivity index (χ1v) is 9.44. The Kier molecular flexibility index (Phi) is 5.19. The summed E-state index contributed by atoms with van der Waals surface area (Å²) in [4.78, 5) is 11.2. The predicted molar refractivity (Wildman–Crippen MR) is 109 cm³/mol. The van der Waals surface area contributed by atoms with Gasteiger partial charge in [-0.05, 0) is 43.0 Å². The third kappa shape index (κ3) is 4.37. The zero-order chi connectivity index (χ0) is 18.5. The summed E-state index contributed by atoms with van der Waals surface area (Å²) in [6.07, 6.45) is 4.04. The topological polar surface area (TPSA) is 50.3 Å². The van der Waals surface area contributed by atoms with Crippen LogP contribution in [0.3, 0.4) is 0 Å². The number of benzene rings is 2. The van der Waals surface area contributed by atoms with Gasteiger partial charge in [-0.15, -0.1) is 0 Å². The number of aromatic nitrogens is 2. The van der Waals surface area contributed by atoms with Crippen LogP contribution in [-0.4, -0.2) is 23.1 Å². The SMILES string of the molecule is CC1CCN(c2cc(Nc3ccccc3Oc3ccccc3)ncn2)CC1. The Balaban J connectivity index is 1.52. The summed E-state index contributed by atoms with van der Waals surface area (Å²) in [5.41, 5.74) is 0.873. The molecule has 0 unspecified atom stereocenters. The molecule has 0 atom stereocenters. The number of nitrogens with zero attached hydrogens (tertiary/aromatic N) is 3. The van der Waals surface area contributed by atoms with Crippen LogP contribution < -0.4 is 15.0 Å². The Morgan fingerprint density at radius 3 is 2.52 bits per heavy atom. The molecule has 5 nitrogen and oxygen atoms in total. The highest BCUT2D eigenvalue weighted by Gasteiger charge is 2.17. The van der Waals surface area contributed by atoms with E-state index in [1.165, 1.54) is 12.8 Å². The smallest absolute Gasteiger partial charge is 0.150 e. The van der Waals surface area contributed by atoms with Gasteiger partial charge in [0.25, 0.3) is 0 Å². The minimum atomic E-state index is 0.760. The van der Waals surface area contributed by atoms with Crippen molar-refractivity contribution in [2.75, 3.05) is 23.3 Å². The van der Waals surface area contributed by atoms with Crippen molar-refractivity contribution in [2.24, 2.45) is 5.92 Å². The quantitative estimate of drug-likeness (QED) is 0.673. The van der Waals surface area contributed by atoms with Gasteiger partial charge in [0.05, 0.1) is 5.69 Å². The third-order valence-corrected chi connectivity index (χ3v) is 4.88. The summed E-state index contributed by atoms with van der Waals surface area (Å²) < 4.78 is 6.02. The lowest BCUT2D eigenvalue weighted by Gasteiger charge is -2.31. The Morgan fingerprint density at radius 1 is 0.963 bits per heavy atom. The first-order valence-electron chi connectivity index (χ1n) is 9.44. The van der Waals surface area contributed by atoms with Crippen LogP contribution in [0.1, 0.15) is 19.8 Å². The van der Waals surface area contributed by atoms with Crippen molar-refractivity contribution in [3.8, 4) is 11.5 Å². The molecule has 138 valence electrons. The zero-order valence-corrected chi connectivity index (χ0v) is 15.5. The number of para-hydroxylation sites is 3. The van der Waals surface area contributed by atoms with E-state index in [2.05, 4.69) is 27.1 Å². The lowest BCUT2D eigenvalue weighted by molar-refractivity contribution is 0.436. The standard InChI is InChI=1S/C22H24N4O/c1-17-11-13-26(14-12-17)22-15-21(23-16-24-22)25-19-9-5-6-10-20(19)27-18-7-3-2-4-8-18/h2-10,15-17H,11-14H2,1H3,(H,23,24,25). The number of hydrogen-bond donors (Lipinski definition) is 1. The average molecular weight is 360 g/mol. The molecule has 1 aliphatic rings. The van der Waals surface area contributed by atoms with Crippen LogP contribution in [0, 0.1) is 5.92 Å². The predicted octanol–water partition coefficient (Wildman–Crippen LogP) is 5.25. The molecule has 0 aliphatic carbocycles. The van der Waals surface area contributed by atoms with E-state index >= 15 is 0 Å². The number of ether oxygens (including phenoxy) is 1. The van der Waals surface area contributed by atoms with Gasteiger partial charge in [0.15, 0.2) is 5.75 Å². The maximum Gasteiger partial charge on any atom is 0.150 e. The van der Waals surface area contributed by atoms with Gasteiger partial charge in [-0.2, -0.15) is 0 Å². The highest BCUT2D eigenvalue weighted by atomic mass is 16.5. The first-order chi connectivity index (χ1) is 13.3. The van der Waals surface area contributed by atoms with E-state index in [4.69, 9.17) is 4.74 Å². The van der Waals surface area contributed by atoms with Gasteiger partial charge >= 0.3 is 0 Å². The van der Waals surface area contributed by atoms with E-state index in [9.17, 15) is 0 Å². The second-order valence-corrected chi connectivity index (χ2v) is 6.97. The molecule has 0 spiro atoms. The summed E-state index contributed by atoms with van der Waals surface area (Å²) in [6.45, 7) is 4.41. The van der Waals surface area contributed by atoms with Gasteiger partial charge in [0, 0.05) is 19.2 Å². The molecule has 3 aromatic rings. The van der Waals surface area contributed by atoms with E-state index in [0.29, 0.717) is 0 Å². The lowest BCUT2D eigenvalue weighted by atomic mass is 9.99. The fourth-order valence-corrected chi connectivity index (χ4v) is 3.24. The number of rotatable bonds is 5. The highest BCUT2D eigenvalue weighted by molar-refractivity contribution is 5.66. The Hall–Kier alpha value is -3.08. The van der Waals surface area contributed by atoms with E-state index in [0.717, 1.165) is 47.8 Å². The Morgan fingerprint density at radius 2 is 1.70 bits per heavy atom. The van der Waals surface area contributed by atoms with Crippen LogP contribution >= 0.6 is 0 Å². The van der Waals surface area contributed by atoms with Gasteiger partial charge in [0.2, 0.25) is 0 Å². The molecule has 0 radical (unpaired) electrons. The maximum atomic E-state index is 6.02. The first kappa shape index (κ1) is 17.3. The molecule has 2 aromatic carbocycles. The molecule has 0 amide bonds. The van der Waals surface area contributed by atoms with Crippen LogP contribution in [0.15, 0.2) is 67.0 Å². The van der Waals surface area contributed by atoms with Crippen LogP contribution in [-0.2, 0) is 0 Å². The largest absolute Gasteiger partial charge is 0.455 e. The van der Waals surface area contributed by atoms with Crippen molar-refractivity contribution in [1.29, 1.82) is 0 Å². The Labute approximate surface area is 160 Å². The van der Waals surface area contributed by atoms with Crippen molar-refractivity contribution in [3.63, 3.8) is 0 Å². The van der Waals surface area contributed by atoms with Crippen molar-refractivity contribution < 1.29 is 4.74 Å². The molecule has 0 bridgehead atoms. The van der Waals surface area contributed by atoms with Crippen molar-refractivity contribution in [3.05, 3.63) is 67.0 Å². The third-order valence-electron chi connectivity index (χ3n) is 4.88. The number of nitrogens with one attached hydrogen (secondary N) is 1. The highest BCUT2D eigenvalue weighted by Crippen LogP contribution is 2.31. The Bertz CT molecular complexity index is 876.